The summed E-state index contributed by atoms with van der Waals surface area (Å²) in [5.74, 6) is -1.63. The summed E-state index contributed by atoms with van der Waals surface area (Å²) in [6.45, 7) is 0. The number of amides is 1. The third kappa shape index (κ3) is 3.23. The van der Waals surface area contributed by atoms with E-state index in [1.165, 1.54) is 11.3 Å². The monoisotopic (exact) mass is 290 g/mol. The van der Waals surface area contributed by atoms with Crippen molar-refractivity contribution in [3.05, 3.63) is 58.3 Å². The van der Waals surface area contributed by atoms with E-state index in [4.69, 9.17) is 5.73 Å². The van der Waals surface area contributed by atoms with Crippen molar-refractivity contribution in [2.75, 3.05) is 0 Å². The van der Waals surface area contributed by atoms with Crippen molar-refractivity contribution in [3.63, 3.8) is 0 Å². The highest BCUT2D eigenvalue weighted by molar-refractivity contribution is 7.10. The lowest BCUT2D eigenvalue weighted by Crippen LogP contribution is -2.39. The lowest BCUT2D eigenvalue weighted by Gasteiger charge is -2.17. The minimum Gasteiger partial charge on any atom is -0.479 e. The number of benzene rings is 1. The number of aliphatic carboxylic acids is 1. The maximum absolute atomic E-state index is 12.1. The van der Waals surface area contributed by atoms with Crippen LogP contribution in [0.5, 0.6) is 0 Å². The Morgan fingerprint density at radius 2 is 1.85 bits per heavy atom. The molecule has 20 heavy (non-hydrogen) atoms. The summed E-state index contributed by atoms with van der Waals surface area (Å²) in [6.07, 6.45) is 0. The quantitative estimate of drug-likeness (QED) is 0.781. The fourth-order valence-corrected chi connectivity index (χ4v) is 2.52. The molecule has 6 heteroatoms. The van der Waals surface area contributed by atoms with Gasteiger partial charge in [0.2, 0.25) is 5.91 Å². The molecule has 0 aliphatic heterocycles. The van der Waals surface area contributed by atoms with Crippen molar-refractivity contribution in [1.29, 1.82) is 0 Å². The van der Waals surface area contributed by atoms with Crippen LogP contribution in [0.25, 0.3) is 0 Å². The first-order valence-electron chi connectivity index (χ1n) is 5.96. The van der Waals surface area contributed by atoms with E-state index in [1.54, 1.807) is 41.8 Å². The highest BCUT2D eigenvalue weighted by atomic mass is 32.1. The Bertz CT molecular complexity index is 584. The zero-order valence-electron chi connectivity index (χ0n) is 10.5. The topological polar surface area (TPSA) is 92.4 Å². The van der Waals surface area contributed by atoms with Crippen molar-refractivity contribution < 1.29 is 14.7 Å². The molecule has 0 aliphatic carbocycles. The van der Waals surface area contributed by atoms with Crippen LogP contribution in [-0.4, -0.2) is 17.0 Å². The Morgan fingerprint density at radius 3 is 2.40 bits per heavy atom. The molecule has 104 valence electrons. The van der Waals surface area contributed by atoms with E-state index in [-0.39, 0.29) is 0 Å². The molecule has 5 nitrogen and oxygen atoms in total. The number of hydrogen-bond donors (Lipinski definition) is 3. The molecule has 0 spiro atoms. The fraction of sp³-hybridized carbons (Fsp3) is 0.143. The summed E-state index contributed by atoms with van der Waals surface area (Å²) in [5, 5.41) is 13.4. The lowest BCUT2D eigenvalue weighted by molar-refractivity contribution is -0.142. The Labute approximate surface area is 120 Å². The van der Waals surface area contributed by atoms with Crippen LogP contribution in [0, 0.1) is 0 Å². The first-order chi connectivity index (χ1) is 9.59. The second-order valence-electron chi connectivity index (χ2n) is 4.18. The molecule has 1 amide bonds. The summed E-state index contributed by atoms with van der Waals surface area (Å²) < 4.78 is 0. The SMILES string of the molecule is N[C@H](C(=O)NC(C(=O)O)c1cccs1)c1ccccc1. The Hall–Kier alpha value is -2.18. The van der Waals surface area contributed by atoms with E-state index in [0.29, 0.717) is 10.4 Å². The largest absolute Gasteiger partial charge is 0.479 e. The molecular formula is C14H14N2O3S. The summed E-state index contributed by atoms with van der Waals surface area (Å²) in [4.78, 5) is 23.9. The van der Waals surface area contributed by atoms with Crippen LogP contribution in [0.4, 0.5) is 0 Å². The smallest absolute Gasteiger partial charge is 0.331 e. The summed E-state index contributed by atoms with van der Waals surface area (Å²) in [6, 6.07) is 10.3. The van der Waals surface area contributed by atoms with Gasteiger partial charge in [-0.05, 0) is 17.0 Å². The molecular weight excluding hydrogens is 276 g/mol. The van der Waals surface area contributed by atoms with Crippen molar-refractivity contribution in [2.24, 2.45) is 5.73 Å². The molecule has 0 bridgehead atoms. The van der Waals surface area contributed by atoms with Crippen LogP contribution in [0.1, 0.15) is 22.5 Å². The van der Waals surface area contributed by atoms with E-state index in [9.17, 15) is 14.7 Å². The molecule has 2 rings (SSSR count). The fourth-order valence-electron chi connectivity index (χ4n) is 1.75. The number of carbonyl (C=O) groups excluding carboxylic acids is 1. The summed E-state index contributed by atoms with van der Waals surface area (Å²) in [7, 11) is 0. The molecule has 1 aromatic heterocycles. The maximum atomic E-state index is 12.1. The summed E-state index contributed by atoms with van der Waals surface area (Å²) >= 11 is 1.27. The van der Waals surface area contributed by atoms with Gasteiger partial charge in [0.05, 0.1) is 0 Å². The molecule has 0 saturated heterocycles. The Balaban J connectivity index is 2.11. The maximum Gasteiger partial charge on any atom is 0.331 e. The predicted octanol–water partition coefficient (Wildman–Crippen LogP) is 1.69. The molecule has 1 heterocycles. The second kappa shape index (κ2) is 6.31. The van der Waals surface area contributed by atoms with Crippen LogP contribution < -0.4 is 11.1 Å². The van der Waals surface area contributed by atoms with Crippen LogP contribution in [0.15, 0.2) is 47.8 Å². The average Bonchev–Trinajstić information content (AvgIpc) is 2.98. The van der Waals surface area contributed by atoms with E-state index >= 15 is 0 Å². The van der Waals surface area contributed by atoms with Crippen molar-refractivity contribution >= 4 is 23.2 Å². The molecule has 0 saturated carbocycles. The van der Waals surface area contributed by atoms with Gasteiger partial charge in [0.1, 0.15) is 6.04 Å². The number of nitrogens with one attached hydrogen (secondary N) is 1. The molecule has 0 fully saturated rings. The second-order valence-corrected chi connectivity index (χ2v) is 5.16. The van der Waals surface area contributed by atoms with Crippen LogP contribution in [-0.2, 0) is 9.59 Å². The number of hydrogen-bond acceptors (Lipinski definition) is 4. The van der Waals surface area contributed by atoms with Gasteiger partial charge < -0.3 is 16.2 Å². The predicted molar refractivity (Wildman–Crippen MR) is 76.2 cm³/mol. The van der Waals surface area contributed by atoms with E-state index < -0.39 is 24.0 Å². The number of carbonyl (C=O) groups is 2. The zero-order chi connectivity index (χ0) is 14.5. The minimum absolute atomic E-state index is 0.517. The van der Waals surface area contributed by atoms with Gasteiger partial charge in [-0.3, -0.25) is 4.79 Å². The zero-order valence-corrected chi connectivity index (χ0v) is 11.3. The first kappa shape index (κ1) is 14.2. The van der Waals surface area contributed by atoms with Gasteiger partial charge in [0.25, 0.3) is 0 Å². The van der Waals surface area contributed by atoms with Gasteiger partial charge in [-0.15, -0.1) is 11.3 Å². The molecule has 0 aliphatic rings. The van der Waals surface area contributed by atoms with Crippen LogP contribution in [0.3, 0.4) is 0 Å². The molecule has 2 aromatic rings. The van der Waals surface area contributed by atoms with Crippen LogP contribution in [0.2, 0.25) is 0 Å². The highest BCUT2D eigenvalue weighted by Crippen LogP contribution is 2.20. The van der Waals surface area contributed by atoms with E-state index in [0.717, 1.165) is 0 Å². The molecule has 1 unspecified atom stereocenters. The van der Waals surface area contributed by atoms with Gasteiger partial charge in [0.15, 0.2) is 6.04 Å². The van der Waals surface area contributed by atoms with Crippen molar-refractivity contribution in [3.8, 4) is 0 Å². The lowest BCUT2D eigenvalue weighted by atomic mass is 10.1. The number of rotatable bonds is 5. The van der Waals surface area contributed by atoms with Gasteiger partial charge in [-0.25, -0.2) is 4.79 Å². The summed E-state index contributed by atoms with van der Waals surface area (Å²) in [5.41, 5.74) is 6.48. The molecule has 2 atom stereocenters. The van der Waals surface area contributed by atoms with Gasteiger partial charge in [0, 0.05) is 4.88 Å². The van der Waals surface area contributed by atoms with Crippen LogP contribution >= 0.6 is 11.3 Å². The van der Waals surface area contributed by atoms with Crippen molar-refractivity contribution in [2.45, 2.75) is 12.1 Å². The first-order valence-corrected chi connectivity index (χ1v) is 6.84. The number of thiophene rings is 1. The Morgan fingerprint density at radius 1 is 1.15 bits per heavy atom. The number of carboxylic acid groups (broad SMARTS) is 1. The number of nitrogens with two attached hydrogens (primary N) is 1. The van der Waals surface area contributed by atoms with Gasteiger partial charge >= 0.3 is 5.97 Å². The van der Waals surface area contributed by atoms with Crippen molar-refractivity contribution in [1.82, 2.24) is 5.32 Å². The normalized spacial score (nSPS) is 13.4. The number of carboxylic acids is 1. The van der Waals surface area contributed by atoms with E-state index in [1.807, 2.05) is 6.07 Å². The average molecular weight is 290 g/mol. The minimum atomic E-state index is -1.11. The van der Waals surface area contributed by atoms with E-state index in [2.05, 4.69) is 5.32 Å². The standard InChI is InChI=1S/C14H14N2O3S/c15-11(9-5-2-1-3-6-9)13(17)16-12(14(18)19)10-7-4-8-20-10/h1-8,11-12H,15H2,(H,16,17)(H,18,19)/t11-,12?/m0/s1. The van der Waals surface area contributed by atoms with Gasteiger partial charge in [-0.2, -0.15) is 0 Å². The molecule has 4 N–H and O–H groups in total. The third-order valence-corrected chi connectivity index (χ3v) is 3.74. The Kier molecular flexibility index (Phi) is 4.49. The highest BCUT2D eigenvalue weighted by Gasteiger charge is 2.26. The van der Waals surface area contributed by atoms with Gasteiger partial charge in [-0.1, -0.05) is 36.4 Å². The third-order valence-electron chi connectivity index (χ3n) is 2.80. The molecule has 0 radical (unpaired) electrons. The molecule has 1 aromatic carbocycles.